The summed E-state index contributed by atoms with van der Waals surface area (Å²) in [4.78, 5) is 15.1. The van der Waals surface area contributed by atoms with Crippen molar-refractivity contribution in [3.05, 3.63) is 41.6 Å². The van der Waals surface area contributed by atoms with Gasteiger partial charge >= 0.3 is 6.18 Å². The van der Waals surface area contributed by atoms with Crippen LogP contribution in [0.4, 0.5) is 19.0 Å². The zero-order chi connectivity index (χ0) is 25.2. The molecular weight excluding hydrogens is 491 g/mol. The maximum absolute atomic E-state index is 13.7. The van der Waals surface area contributed by atoms with Crippen LogP contribution in [0.25, 0.3) is 0 Å². The summed E-state index contributed by atoms with van der Waals surface area (Å²) in [5.41, 5.74) is 5.54. The third-order valence-electron chi connectivity index (χ3n) is 7.88. The molecule has 1 aromatic heterocycles. The second kappa shape index (κ2) is 8.66. The number of halogens is 3. The molecule has 7 nitrogen and oxygen atoms in total. The Hall–Kier alpha value is -2.24. The second-order valence-electron chi connectivity index (χ2n) is 10.7. The molecule has 1 amide bonds. The first kappa shape index (κ1) is 24.1. The summed E-state index contributed by atoms with van der Waals surface area (Å²) in [5.74, 6) is 0.947. The topological polar surface area (TPSA) is 99.2 Å². The minimum atomic E-state index is -4.61. The van der Waals surface area contributed by atoms with Crippen molar-refractivity contribution in [2.45, 2.75) is 91.4 Å². The molecule has 3 saturated carbocycles. The average Bonchev–Trinajstić information content (AvgIpc) is 3.68. The molecule has 4 aliphatic rings. The van der Waals surface area contributed by atoms with E-state index >= 15 is 0 Å². The lowest BCUT2D eigenvalue weighted by molar-refractivity contribution is -0.139. The Labute approximate surface area is 210 Å². The normalized spacial score (nSPS) is 26.5. The first-order valence-corrected chi connectivity index (χ1v) is 13.9. The summed E-state index contributed by atoms with van der Waals surface area (Å²) in [6.45, 7) is 0.205. The number of carbonyl (C=O) groups is 1. The van der Waals surface area contributed by atoms with Crippen molar-refractivity contribution in [3.63, 3.8) is 0 Å². The van der Waals surface area contributed by atoms with E-state index in [1.54, 1.807) is 0 Å². The molecule has 3 atom stereocenters. The number of alkyl halides is 3. The monoisotopic (exact) mass is 521 g/mol. The van der Waals surface area contributed by atoms with E-state index in [0.29, 0.717) is 18.8 Å². The minimum Gasteiger partial charge on any atom is -0.611 e. The lowest BCUT2D eigenvalue weighted by Crippen LogP contribution is -2.52. The lowest BCUT2D eigenvalue weighted by Gasteiger charge is -2.32. The Morgan fingerprint density at radius 1 is 1.19 bits per heavy atom. The summed E-state index contributed by atoms with van der Waals surface area (Å²) in [7, 11) is 0. The smallest absolute Gasteiger partial charge is 0.421 e. The van der Waals surface area contributed by atoms with Gasteiger partial charge in [-0.1, -0.05) is 12.1 Å². The summed E-state index contributed by atoms with van der Waals surface area (Å²) in [6.07, 6.45) is 2.23. The van der Waals surface area contributed by atoms with Crippen LogP contribution >= 0.6 is 0 Å². The maximum atomic E-state index is 13.7. The summed E-state index contributed by atoms with van der Waals surface area (Å²) >= 11 is -1.95. The van der Waals surface area contributed by atoms with Gasteiger partial charge in [0.05, 0.1) is 23.9 Å². The van der Waals surface area contributed by atoms with E-state index in [4.69, 9.17) is 10.8 Å². The standard InChI is InChI=1S/C25H30F3N5O2S/c26-25(27,28)18-6-1-2-7-21(18)36(35)17-12-20(23(34)30-24(29)10-11-24)32(14-17)22-13-19(15-8-9-15)31-33(22)16-4-3-5-16/h1-2,6-7,13,15-17,20H,3-5,8-12,14,29H2,(H,30,34)/t17-,20+,36?/m1/s1. The average molecular weight is 522 g/mol. The van der Waals surface area contributed by atoms with Crippen LogP contribution in [0.3, 0.4) is 0 Å². The van der Waals surface area contributed by atoms with Crippen molar-refractivity contribution in [1.82, 2.24) is 15.1 Å². The number of carbonyl (C=O) groups excluding carboxylic acids is 1. The van der Waals surface area contributed by atoms with Crippen LogP contribution in [0.15, 0.2) is 35.2 Å². The number of nitrogens with one attached hydrogen (secondary N) is 1. The van der Waals surface area contributed by atoms with Crippen molar-refractivity contribution in [3.8, 4) is 0 Å². The molecular formula is C25H30F3N5O2S. The third-order valence-corrected chi connectivity index (χ3v) is 9.62. The lowest BCUT2D eigenvalue weighted by atomic mass is 9.93. The third kappa shape index (κ3) is 4.50. The molecule has 0 radical (unpaired) electrons. The van der Waals surface area contributed by atoms with Gasteiger partial charge in [0.1, 0.15) is 22.7 Å². The highest BCUT2D eigenvalue weighted by Gasteiger charge is 2.50. The quantitative estimate of drug-likeness (QED) is 0.426. The molecule has 0 bridgehead atoms. The van der Waals surface area contributed by atoms with Gasteiger partial charge in [-0.3, -0.25) is 4.79 Å². The van der Waals surface area contributed by atoms with Crippen molar-refractivity contribution < 1.29 is 22.5 Å². The fourth-order valence-electron chi connectivity index (χ4n) is 5.19. The number of rotatable bonds is 7. The summed E-state index contributed by atoms with van der Waals surface area (Å²) in [6, 6.07) is 6.60. The summed E-state index contributed by atoms with van der Waals surface area (Å²) < 4.78 is 56.6. The van der Waals surface area contributed by atoms with Crippen molar-refractivity contribution >= 4 is 22.9 Å². The highest BCUT2D eigenvalue weighted by Crippen LogP contribution is 2.45. The number of nitrogens with two attached hydrogens (primary N) is 1. The zero-order valence-corrected chi connectivity index (χ0v) is 20.7. The molecule has 3 aliphatic carbocycles. The van der Waals surface area contributed by atoms with Crippen LogP contribution in [0.1, 0.15) is 74.6 Å². The predicted octanol–water partition coefficient (Wildman–Crippen LogP) is 3.82. The minimum absolute atomic E-state index is 0.176. The van der Waals surface area contributed by atoms with Crippen LogP contribution in [0, 0.1) is 0 Å². The predicted molar refractivity (Wildman–Crippen MR) is 129 cm³/mol. The van der Waals surface area contributed by atoms with Crippen LogP contribution < -0.4 is 16.0 Å². The molecule has 6 rings (SSSR count). The fraction of sp³-hybridized carbons (Fsp3) is 0.600. The van der Waals surface area contributed by atoms with Gasteiger partial charge in [0.25, 0.3) is 0 Å². The Kier molecular flexibility index (Phi) is 5.80. The molecule has 4 fully saturated rings. The van der Waals surface area contributed by atoms with E-state index in [1.807, 2.05) is 15.6 Å². The first-order valence-electron chi connectivity index (χ1n) is 12.7. The first-order chi connectivity index (χ1) is 17.1. The van der Waals surface area contributed by atoms with E-state index in [2.05, 4.69) is 5.32 Å². The van der Waals surface area contributed by atoms with Crippen molar-refractivity contribution in [1.29, 1.82) is 0 Å². The Morgan fingerprint density at radius 3 is 2.53 bits per heavy atom. The van der Waals surface area contributed by atoms with Gasteiger partial charge in [0, 0.05) is 18.4 Å². The molecule has 1 aromatic carbocycles. The van der Waals surface area contributed by atoms with Gasteiger partial charge in [-0.05, 0) is 68.3 Å². The number of nitrogens with zero attached hydrogens (tertiary/aromatic N) is 3. The molecule has 3 N–H and O–H groups in total. The largest absolute Gasteiger partial charge is 0.611 e. The zero-order valence-electron chi connectivity index (χ0n) is 19.8. The van der Waals surface area contributed by atoms with E-state index in [0.717, 1.165) is 49.7 Å². The van der Waals surface area contributed by atoms with Gasteiger partial charge in [-0.25, -0.2) is 4.68 Å². The molecule has 36 heavy (non-hydrogen) atoms. The maximum Gasteiger partial charge on any atom is 0.421 e. The SMILES string of the molecule is NC1(NC(=O)[C@@H]2C[C@@H]([S+]([O-])c3ccccc3C(F)(F)F)CN2c2cc(C3CC3)nn2C2CCC2)CC1. The van der Waals surface area contributed by atoms with Crippen LogP contribution in [-0.4, -0.2) is 43.7 Å². The van der Waals surface area contributed by atoms with E-state index in [9.17, 15) is 22.5 Å². The molecule has 0 spiro atoms. The van der Waals surface area contributed by atoms with Crippen molar-refractivity contribution in [2.75, 3.05) is 11.4 Å². The van der Waals surface area contributed by atoms with Crippen LogP contribution in [0.5, 0.6) is 0 Å². The molecule has 2 heterocycles. The molecule has 194 valence electrons. The highest BCUT2D eigenvalue weighted by molar-refractivity contribution is 7.92. The molecule has 1 unspecified atom stereocenters. The number of benzene rings is 1. The van der Waals surface area contributed by atoms with Crippen molar-refractivity contribution in [2.24, 2.45) is 5.73 Å². The number of hydrogen-bond donors (Lipinski definition) is 2. The molecule has 11 heteroatoms. The number of anilines is 1. The second-order valence-corrected chi connectivity index (χ2v) is 12.4. The molecule has 1 aliphatic heterocycles. The Morgan fingerprint density at radius 2 is 1.92 bits per heavy atom. The van der Waals surface area contributed by atoms with Gasteiger partial charge in [0.2, 0.25) is 5.91 Å². The van der Waals surface area contributed by atoms with Gasteiger partial charge in [-0.15, -0.1) is 0 Å². The van der Waals surface area contributed by atoms with Gasteiger partial charge in [0.15, 0.2) is 4.90 Å². The number of hydrogen-bond acceptors (Lipinski definition) is 5. The van der Waals surface area contributed by atoms with Gasteiger partial charge in [-0.2, -0.15) is 18.3 Å². The van der Waals surface area contributed by atoms with E-state index in [-0.39, 0.29) is 29.8 Å². The summed E-state index contributed by atoms with van der Waals surface area (Å²) in [5, 5.41) is 7.15. The number of aromatic nitrogens is 2. The molecule has 2 aromatic rings. The molecule has 1 saturated heterocycles. The highest BCUT2D eigenvalue weighted by atomic mass is 32.2. The van der Waals surface area contributed by atoms with E-state index in [1.165, 1.54) is 18.2 Å². The fourth-order valence-corrected chi connectivity index (χ4v) is 6.82. The van der Waals surface area contributed by atoms with Crippen LogP contribution in [-0.2, 0) is 22.1 Å². The van der Waals surface area contributed by atoms with Crippen LogP contribution in [0.2, 0.25) is 0 Å². The van der Waals surface area contributed by atoms with Gasteiger partial charge < -0.3 is 20.5 Å². The van der Waals surface area contributed by atoms with E-state index < -0.39 is 39.9 Å². The number of amides is 1. The Bertz CT molecular complexity index is 1160. The Balaban J connectivity index is 1.34.